The van der Waals surface area contributed by atoms with E-state index in [-0.39, 0.29) is 61.2 Å². The molecule has 2 aromatic rings. The van der Waals surface area contributed by atoms with Crippen molar-refractivity contribution in [3.05, 3.63) is 71.0 Å². The molecule has 3 rings (SSSR count). The molecular formula is C24H27FN4O3. The fourth-order valence-electron chi connectivity index (χ4n) is 3.14. The SMILES string of the molecule is CC(C)N(C)C(=O)c1ccc(CNC(=O)C2=NN(Cc3ccc(F)cc3)C(=O)CC2)cc1. The van der Waals surface area contributed by atoms with Gasteiger partial charge in [0.15, 0.2) is 0 Å². The molecule has 1 N–H and O–H groups in total. The van der Waals surface area contributed by atoms with Crippen LogP contribution in [0.15, 0.2) is 53.6 Å². The largest absolute Gasteiger partial charge is 0.347 e. The second-order valence-corrected chi connectivity index (χ2v) is 8.01. The maximum absolute atomic E-state index is 13.1. The third-order valence-electron chi connectivity index (χ3n) is 5.36. The lowest BCUT2D eigenvalue weighted by atomic mass is 10.1. The van der Waals surface area contributed by atoms with Crippen molar-refractivity contribution in [2.75, 3.05) is 7.05 Å². The maximum Gasteiger partial charge on any atom is 0.267 e. The molecule has 0 radical (unpaired) electrons. The maximum atomic E-state index is 13.1. The number of amides is 3. The van der Waals surface area contributed by atoms with Gasteiger partial charge in [0.2, 0.25) is 5.91 Å². The molecular weight excluding hydrogens is 411 g/mol. The molecule has 3 amide bonds. The Balaban J connectivity index is 1.59. The standard InChI is InChI=1S/C24H27FN4O3/c1-16(2)28(3)24(32)19-8-4-17(5-9-19)14-26-23(31)21-12-13-22(30)29(27-21)15-18-6-10-20(25)11-7-18/h4-11,16H,12-15H2,1-3H3,(H,26,31). The molecule has 32 heavy (non-hydrogen) atoms. The average Bonchev–Trinajstić information content (AvgIpc) is 2.79. The van der Waals surface area contributed by atoms with Crippen molar-refractivity contribution in [2.24, 2.45) is 5.10 Å². The summed E-state index contributed by atoms with van der Waals surface area (Å²) in [6.07, 6.45) is 0.452. The molecule has 0 spiro atoms. The van der Waals surface area contributed by atoms with E-state index in [4.69, 9.17) is 0 Å². The third kappa shape index (κ3) is 5.78. The summed E-state index contributed by atoms with van der Waals surface area (Å²) in [5.41, 5.74) is 2.43. The predicted octanol–water partition coefficient (Wildman–Crippen LogP) is 3.10. The first-order valence-electron chi connectivity index (χ1n) is 10.5. The number of nitrogens with one attached hydrogen (secondary N) is 1. The van der Waals surface area contributed by atoms with Crippen LogP contribution in [0.1, 0.15) is 48.2 Å². The predicted molar refractivity (Wildman–Crippen MR) is 119 cm³/mol. The summed E-state index contributed by atoms with van der Waals surface area (Å²) in [6, 6.07) is 13.0. The summed E-state index contributed by atoms with van der Waals surface area (Å²) in [6.45, 7) is 4.35. The van der Waals surface area contributed by atoms with Crippen LogP contribution in [0.5, 0.6) is 0 Å². The molecule has 0 fully saturated rings. The Morgan fingerprint density at radius 3 is 2.31 bits per heavy atom. The van der Waals surface area contributed by atoms with Crippen molar-refractivity contribution in [1.82, 2.24) is 15.2 Å². The molecule has 8 heteroatoms. The number of carbonyl (C=O) groups is 3. The van der Waals surface area contributed by atoms with Gasteiger partial charge < -0.3 is 10.2 Å². The van der Waals surface area contributed by atoms with E-state index in [1.165, 1.54) is 17.1 Å². The van der Waals surface area contributed by atoms with Crippen molar-refractivity contribution in [1.29, 1.82) is 0 Å². The van der Waals surface area contributed by atoms with Gasteiger partial charge in [0.25, 0.3) is 11.8 Å². The Morgan fingerprint density at radius 1 is 1.06 bits per heavy atom. The van der Waals surface area contributed by atoms with Gasteiger partial charge in [0, 0.05) is 38.0 Å². The minimum Gasteiger partial charge on any atom is -0.347 e. The van der Waals surface area contributed by atoms with E-state index in [1.807, 2.05) is 13.8 Å². The Kier molecular flexibility index (Phi) is 7.35. The van der Waals surface area contributed by atoms with Crippen molar-refractivity contribution >= 4 is 23.4 Å². The van der Waals surface area contributed by atoms with Gasteiger partial charge in [0.1, 0.15) is 11.5 Å². The first-order valence-corrected chi connectivity index (χ1v) is 10.5. The molecule has 168 valence electrons. The molecule has 0 unspecified atom stereocenters. The van der Waals surface area contributed by atoms with Crippen LogP contribution in [0.2, 0.25) is 0 Å². The topological polar surface area (TPSA) is 82.1 Å². The fraction of sp³-hybridized carbons (Fsp3) is 0.333. The highest BCUT2D eigenvalue weighted by Crippen LogP contribution is 2.15. The van der Waals surface area contributed by atoms with E-state index in [9.17, 15) is 18.8 Å². The third-order valence-corrected chi connectivity index (χ3v) is 5.36. The minimum absolute atomic E-state index is 0.0574. The molecule has 0 saturated heterocycles. The van der Waals surface area contributed by atoms with Crippen LogP contribution < -0.4 is 5.32 Å². The molecule has 1 heterocycles. The van der Waals surface area contributed by atoms with Crippen molar-refractivity contribution in [3.63, 3.8) is 0 Å². The van der Waals surface area contributed by atoms with E-state index >= 15 is 0 Å². The second kappa shape index (κ2) is 10.2. The zero-order chi connectivity index (χ0) is 23.3. The molecule has 7 nitrogen and oxygen atoms in total. The lowest BCUT2D eigenvalue weighted by Crippen LogP contribution is -2.38. The normalized spacial score (nSPS) is 13.7. The van der Waals surface area contributed by atoms with Crippen LogP contribution >= 0.6 is 0 Å². The summed E-state index contributed by atoms with van der Waals surface area (Å²) in [5.74, 6) is -0.941. The van der Waals surface area contributed by atoms with Gasteiger partial charge in [-0.05, 0) is 49.2 Å². The van der Waals surface area contributed by atoms with Gasteiger partial charge >= 0.3 is 0 Å². The Hall–Kier alpha value is -3.55. The highest BCUT2D eigenvalue weighted by molar-refractivity contribution is 6.39. The monoisotopic (exact) mass is 438 g/mol. The highest BCUT2D eigenvalue weighted by Gasteiger charge is 2.24. The second-order valence-electron chi connectivity index (χ2n) is 8.01. The lowest BCUT2D eigenvalue weighted by molar-refractivity contribution is -0.132. The van der Waals surface area contributed by atoms with Gasteiger partial charge in [-0.3, -0.25) is 14.4 Å². The smallest absolute Gasteiger partial charge is 0.267 e. The molecule has 0 aliphatic carbocycles. The van der Waals surface area contributed by atoms with E-state index in [0.29, 0.717) is 5.56 Å². The van der Waals surface area contributed by atoms with Gasteiger partial charge in [-0.1, -0.05) is 24.3 Å². The van der Waals surface area contributed by atoms with Gasteiger partial charge in [-0.2, -0.15) is 5.10 Å². The summed E-state index contributed by atoms with van der Waals surface area (Å²) < 4.78 is 13.1. The van der Waals surface area contributed by atoms with E-state index in [0.717, 1.165) is 11.1 Å². The summed E-state index contributed by atoms with van der Waals surface area (Å²) in [4.78, 5) is 38.8. The minimum atomic E-state index is -0.355. The van der Waals surface area contributed by atoms with Gasteiger partial charge in [0.05, 0.1) is 6.54 Å². The van der Waals surface area contributed by atoms with Crippen LogP contribution in [-0.2, 0) is 22.7 Å². The van der Waals surface area contributed by atoms with E-state index in [1.54, 1.807) is 48.3 Å². The molecule has 0 saturated carbocycles. The Morgan fingerprint density at radius 2 is 1.69 bits per heavy atom. The number of nitrogens with zero attached hydrogens (tertiary/aromatic N) is 3. The number of hydrazone groups is 1. The van der Waals surface area contributed by atoms with E-state index < -0.39 is 0 Å². The van der Waals surface area contributed by atoms with Crippen molar-refractivity contribution < 1.29 is 18.8 Å². The van der Waals surface area contributed by atoms with Gasteiger partial charge in [-0.25, -0.2) is 9.40 Å². The first-order chi connectivity index (χ1) is 15.2. The number of halogens is 1. The summed E-state index contributed by atoms with van der Waals surface area (Å²) in [7, 11) is 1.76. The fourth-order valence-corrected chi connectivity index (χ4v) is 3.14. The van der Waals surface area contributed by atoms with Crippen LogP contribution in [0.4, 0.5) is 4.39 Å². The van der Waals surface area contributed by atoms with Crippen LogP contribution in [0.25, 0.3) is 0 Å². The molecule has 0 bridgehead atoms. The van der Waals surface area contributed by atoms with Crippen molar-refractivity contribution in [2.45, 2.75) is 45.8 Å². The lowest BCUT2D eigenvalue weighted by Gasteiger charge is -2.23. The number of hydrogen-bond acceptors (Lipinski definition) is 4. The molecule has 0 aromatic heterocycles. The molecule has 1 aliphatic rings. The quantitative estimate of drug-likeness (QED) is 0.721. The zero-order valence-corrected chi connectivity index (χ0v) is 18.5. The Bertz CT molecular complexity index is 1020. The average molecular weight is 439 g/mol. The summed E-state index contributed by atoms with van der Waals surface area (Å²) in [5, 5.41) is 8.27. The Labute approximate surface area is 186 Å². The van der Waals surface area contributed by atoms with Crippen molar-refractivity contribution in [3.8, 4) is 0 Å². The summed E-state index contributed by atoms with van der Waals surface area (Å²) >= 11 is 0. The number of carbonyl (C=O) groups excluding carboxylic acids is 3. The van der Waals surface area contributed by atoms with Gasteiger partial charge in [-0.15, -0.1) is 0 Å². The number of benzene rings is 2. The number of hydrogen-bond donors (Lipinski definition) is 1. The molecule has 2 aromatic carbocycles. The molecule has 0 atom stereocenters. The highest BCUT2D eigenvalue weighted by atomic mass is 19.1. The van der Waals surface area contributed by atoms with E-state index in [2.05, 4.69) is 10.4 Å². The zero-order valence-electron chi connectivity index (χ0n) is 18.5. The van der Waals surface area contributed by atoms with Crippen LogP contribution in [0, 0.1) is 5.82 Å². The van der Waals surface area contributed by atoms with Crippen LogP contribution in [0.3, 0.4) is 0 Å². The molecule has 1 aliphatic heterocycles. The van der Waals surface area contributed by atoms with Crippen LogP contribution in [-0.4, -0.2) is 46.4 Å². The first kappa shape index (κ1) is 23.1. The number of rotatable bonds is 7.